The van der Waals surface area contributed by atoms with Gasteiger partial charge in [-0.3, -0.25) is 0 Å². The van der Waals surface area contributed by atoms with E-state index in [2.05, 4.69) is 61.9 Å². The van der Waals surface area contributed by atoms with Crippen LogP contribution in [0.4, 0.5) is 5.13 Å². The normalized spacial score (nSPS) is 13.3. The second-order valence-corrected chi connectivity index (χ2v) is 6.64. The Labute approximate surface area is 121 Å². The monoisotopic (exact) mass is 284 g/mol. The van der Waals surface area contributed by atoms with Gasteiger partial charge in [-0.2, -0.15) is 0 Å². The van der Waals surface area contributed by atoms with Crippen LogP contribution in [-0.4, -0.2) is 49.2 Å². The molecule has 0 amide bonds. The van der Waals surface area contributed by atoms with Gasteiger partial charge in [0.15, 0.2) is 5.13 Å². The van der Waals surface area contributed by atoms with Crippen molar-refractivity contribution in [1.82, 2.24) is 15.2 Å². The lowest BCUT2D eigenvalue weighted by atomic mass is 10.3. The average Bonchev–Trinajstić information content (AvgIpc) is 2.75. The van der Waals surface area contributed by atoms with E-state index in [0.29, 0.717) is 12.1 Å². The molecule has 1 atom stereocenters. The second kappa shape index (κ2) is 7.82. The average molecular weight is 284 g/mol. The van der Waals surface area contributed by atoms with Gasteiger partial charge >= 0.3 is 0 Å². The Bertz CT molecular complexity index is 362. The minimum atomic E-state index is 0.483. The van der Waals surface area contributed by atoms with Crippen LogP contribution in [0, 0.1) is 0 Å². The van der Waals surface area contributed by atoms with Crippen LogP contribution in [0.3, 0.4) is 0 Å². The molecule has 0 saturated carbocycles. The fourth-order valence-electron chi connectivity index (χ4n) is 2.08. The molecule has 0 aliphatic carbocycles. The minimum Gasteiger partial charge on any atom is -0.344 e. The van der Waals surface area contributed by atoms with Crippen molar-refractivity contribution < 1.29 is 0 Å². The summed E-state index contributed by atoms with van der Waals surface area (Å²) in [6.07, 6.45) is 2.00. The third kappa shape index (κ3) is 5.47. The highest BCUT2D eigenvalue weighted by atomic mass is 32.1. The van der Waals surface area contributed by atoms with Crippen molar-refractivity contribution in [3.05, 3.63) is 11.1 Å². The second-order valence-electron chi connectivity index (χ2n) is 5.54. The van der Waals surface area contributed by atoms with Crippen molar-refractivity contribution in [1.29, 1.82) is 0 Å². The Morgan fingerprint density at radius 3 is 2.53 bits per heavy atom. The molecular formula is C14H28N4S. The van der Waals surface area contributed by atoms with Crippen molar-refractivity contribution >= 4 is 16.5 Å². The zero-order valence-electron chi connectivity index (χ0n) is 13.1. The third-order valence-electron chi connectivity index (χ3n) is 2.97. The van der Waals surface area contributed by atoms with E-state index < -0.39 is 0 Å². The Hall–Kier alpha value is -0.650. The first kappa shape index (κ1) is 16.4. The topological polar surface area (TPSA) is 31.4 Å². The van der Waals surface area contributed by atoms with Gasteiger partial charge in [-0.25, -0.2) is 4.98 Å². The molecule has 1 unspecified atom stereocenters. The van der Waals surface area contributed by atoms with Gasteiger partial charge < -0.3 is 15.1 Å². The maximum absolute atomic E-state index is 4.58. The first-order valence-electron chi connectivity index (χ1n) is 7.03. The van der Waals surface area contributed by atoms with Crippen LogP contribution < -0.4 is 10.2 Å². The number of hydrogen-bond acceptors (Lipinski definition) is 5. The molecule has 1 heterocycles. The third-order valence-corrected chi connectivity index (χ3v) is 4.01. The van der Waals surface area contributed by atoms with Gasteiger partial charge in [0.1, 0.15) is 0 Å². The van der Waals surface area contributed by atoms with Crippen molar-refractivity contribution in [3.8, 4) is 0 Å². The lowest BCUT2D eigenvalue weighted by Crippen LogP contribution is -2.40. The molecule has 1 aromatic heterocycles. The van der Waals surface area contributed by atoms with E-state index in [-0.39, 0.29) is 0 Å². The molecule has 0 aliphatic rings. The van der Waals surface area contributed by atoms with Gasteiger partial charge in [0.05, 0.1) is 0 Å². The van der Waals surface area contributed by atoms with Gasteiger partial charge in [0, 0.05) is 42.8 Å². The summed E-state index contributed by atoms with van der Waals surface area (Å²) in [7, 11) is 4.23. The van der Waals surface area contributed by atoms with E-state index in [1.54, 1.807) is 11.3 Å². The molecule has 1 aromatic rings. The summed E-state index contributed by atoms with van der Waals surface area (Å²) in [5.74, 6) is 0. The Kier molecular flexibility index (Phi) is 6.75. The van der Waals surface area contributed by atoms with E-state index in [4.69, 9.17) is 0 Å². The zero-order valence-corrected chi connectivity index (χ0v) is 13.9. The highest BCUT2D eigenvalue weighted by Crippen LogP contribution is 2.24. The van der Waals surface area contributed by atoms with E-state index in [0.717, 1.165) is 24.8 Å². The van der Waals surface area contributed by atoms with Crippen LogP contribution in [0.1, 0.15) is 32.6 Å². The molecule has 0 radical (unpaired) electrons. The molecule has 0 bridgehead atoms. The van der Waals surface area contributed by atoms with Crippen LogP contribution in [0.25, 0.3) is 0 Å². The van der Waals surface area contributed by atoms with Crippen LogP contribution in [0.5, 0.6) is 0 Å². The number of likely N-dealkylation sites (N-methyl/N-ethyl adjacent to an activating group) is 2. The first-order valence-corrected chi connectivity index (χ1v) is 7.85. The molecular weight excluding hydrogens is 256 g/mol. The van der Waals surface area contributed by atoms with E-state index in [1.807, 2.05) is 6.20 Å². The lowest BCUT2D eigenvalue weighted by Gasteiger charge is -2.29. The van der Waals surface area contributed by atoms with Gasteiger partial charge in [0.2, 0.25) is 0 Å². The summed E-state index contributed by atoms with van der Waals surface area (Å²) in [6, 6.07) is 0.998. The van der Waals surface area contributed by atoms with Crippen molar-refractivity contribution in [2.45, 2.75) is 46.3 Å². The highest BCUT2D eigenvalue weighted by Gasteiger charge is 2.16. The van der Waals surface area contributed by atoms with Crippen molar-refractivity contribution in [2.75, 3.05) is 32.1 Å². The lowest BCUT2D eigenvalue weighted by molar-refractivity contribution is 0.373. The number of hydrogen-bond donors (Lipinski definition) is 1. The maximum atomic E-state index is 4.58. The predicted molar refractivity (Wildman–Crippen MR) is 85.1 cm³/mol. The van der Waals surface area contributed by atoms with Crippen LogP contribution in [0.2, 0.25) is 0 Å². The van der Waals surface area contributed by atoms with Gasteiger partial charge in [-0.1, -0.05) is 13.8 Å². The Balaban J connectivity index is 2.66. The summed E-state index contributed by atoms with van der Waals surface area (Å²) in [6.45, 7) is 11.7. The summed E-state index contributed by atoms with van der Waals surface area (Å²) in [5.41, 5.74) is 0. The minimum absolute atomic E-state index is 0.483. The summed E-state index contributed by atoms with van der Waals surface area (Å²) in [5, 5.41) is 4.57. The summed E-state index contributed by atoms with van der Waals surface area (Å²) < 4.78 is 0. The molecule has 0 spiro atoms. The maximum Gasteiger partial charge on any atom is 0.185 e. The largest absolute Gasteiger partial charge is 0.344 e. The number of nitrogens with one attached hydrogen (secondary N) is 1. The van der Waals surface area contributed by atoms with Gasteiger partial charge in [0.25, 0.3) is 0 Å². The van der Waals surface area contributed by atoms with Gasteiger partial charge in [-0.15, -0.1) is 11.3 Å². The molecule has 19 heavy (non-hydrogen) atoms. The number of anilines is 1. The number of thiazole rings is 1. The first-order chi connectivity index (χ1) is 8.93. The molecule has 0 aromatic carbocycles. The van der Waals surface area contributed by atoms with Crippen LogP contribution in [-0.2, 0) is 6.54 Å². The van der Waals surface area contributed by atoms with E-state index in [1.165, 1.54) is 4.88 Å². The molecule has 0 saturated heterocycles. The zero-order chi connectivity index (χ0) is 14.4. The fourth-order valence-corrected chi connectivity index (χ4v) is 3.11. The van der Waals surface area contributed by atoms with Crippen molar-refractivity contribution in [3.63, 3.8) is 0 Å². The van der Waals surface area contributed by atoms with Gasteiger partial charge in [-0.05, 0) is 27.9 Å². The highest BCUT2D eigenvalue weighted by molar-refractivity contribution is 7.15. The smallest absolute Gasteiger partial charge is 0.185 e. The molecule has 1 N–H and O–H groups in total. The van der Waals surface area contributed by atoms with Crippen LogP contribution in [0.15, 0.2) is 6.20 Å². The Morgan fingerprint density at radius 1 is 1.32 bits per heavy atom. The molecule has 1 rings (SSSR count). The van der Waals surface area contributed by atoms with Crippen LogP contribution >= 0.6 is 11.3 Å². The molecule has 0 fully saturated rings. The SMILES string of the molecule is CCN(c1ncc(CNC(C)C)s1)C(C)CN(C)C. The molecule has 110 valence electrons. The standard InChI is InChI=1S/C14H28N4S/c1-7-18(12(4)10-17(5)6)14-16-9-13(19-14)8-15-11(2)3/h9,11-12,15H,7-8,10H2,1-6H3. The van der Waals surface area contributed by atoms with E-state index >= 15 is 0 Å². The Morgan fingerprint density at radius 2 is 2.00 bits per heavy atom. The van der Waals surface area contributed by atoms with E-state index in [9.17, 15) is 0 Å². The number of nitrogens with zero attached hydrogens (tertiary/aromatic N) is 3. The molecule has 0 aliphatic heterocycles. The fraction of sp³-hybridized carbons (Fsp3) is 0.786. The summed E-state index contributed by atoms with van der Waals surface area (Å²) in [4.78, 5) is 10.5. The summed E-state index contributed by atoms with van der Waals surface area (Å²) >= 11 is 1.80. The quantitative estimate of drug-likeness (QED) is 0.794. The number of rotatable bonds is 8. The number of aromatic nitrogens is 1. The predicted octanol–water partition coefficient (Wildman–Crippen LogP) is 2.42. The molecule has 4 nitrogen and oxygen atoms in total. The molecule has 5 heteroatoms. The van der Waals surface area contributed by atoms with Crippen molar-refractivity contribution in [2.24, 2.45) is 0 Å².